The maximum Gasteiger partial charge on any atom is 0.154 e. The van der Waals surface area contributed by atoms with Gasteiger partial charge < -0.3 is 0 Å². The Bertz CT molecular complexity index is 389. The van der Waals surface area contributed by atoms with Crippen molar-refractivity contribution in [1.82, 2.24) is 14.6 Å². The van der Waals surface area contributed by atoms with Crippen molar-refractivity contribution in [2.45, 2.75) is 19.8 Å². The molecule has 12 heavy (non-hydrogen) atoms. The monoisotopic (exact) mass is 161 g/mol. The Morgan fingerprint density at radius 2 is 2.25 bits per heavy atom. The lowest BCUT2D eigenvalue weighted by molar-refractivity contribution is 0.821. The van der Waals surface area contributed by atoms with E-state index in [2.05, 4.69) is 23.9 Å². The first kappa shape index (κ1) is 7.28. The molecule has 0 spiro atoms. The molecule has 0 aliphatic heterocycles. The largest absolute Gasteiger partial charge is 0.237 e. The van der Waals surface area contributed by atoms with Crippen molar-refractivity contribution < 1.29 is 0 Å². The molecule has 0 saturated carbocycles. The maximum absolute atomic E-state index is 4.26. The number of fused-ring (bicyclic) bond motifs is 1. The van der Waals surface area contributed by atoms with Crippen LogP contribution in [0.3, 0.4) is 0 Å². The van der Waals surface area contributed by atoms with Crippen molar-refractivity contribution in [3.8, 4) is 0 Å². The SMILES string of the molecule is CC(C)c1cnc2ccnn2c1. The molecule has 62 valence electrons. The Balaban J connectivity index is 2.60. The molecule has 0 bridgehead atoms. The second-order valence-corrected chi connectivity index (χ2v) is 3.18. The summed E-state index contributed by atoms with van der Waals surface area (Å²) < 4.78 is 1.80. The Kier molecular flexibility index (Phi) is 1.57. The molecule has 0 N–H and O–H groups in total. The molecule has 0 aromatic carbocycles. The zero-order chi connectivity index (χ0) is 8.55. The first-order valence-electron chi connectivity index (χ1n) is 4.06. The van der Waals surface area contributed by atoms with Gasteiger partial charge in [-0.15, -0.1) is 0 Å². The minimum Gasteiger partial charge on any atom is -0.237 e. The molecular weight excluding hydrogens is 150 g/mol. The van der Waals surface area contributed by atoms with E-state index < -0.39 is 0 Å². The Morgan fingerprint density at radius 1 is 1.42 bits per heavy atom. The quantitative estimate of drug-likeness (QED) is 0.639. The van der Waals surface area contributed by atoms with Crippen LogP contribution in [0.25, 0.3) is 5.65 Å². The average Bonchev–Trinajstić information content (AvgIpc) is 2.49. The number of nitrogens with zero attached hydrogens (tertiary/aromatic N) is 3. The van der Waals surface area contributed by atoms with Crippen LogP contribution < -0.4 is 0 Å². The highest BCUT2D eigenvalue weighted by molar-refractivity contribution is 5.36. The van der Waals surface area contributed by atoms with Gasteiger partial charge in [0.05, 0.1) is 6.20 Å². The van der Waals surface area contributed by atoms with Gasteiger partial charge in [0.1, 0.15) is 0 Å². The van der Waals surface area contributed by atoms with E-state index >= 15 is 0 Å². The summed E-state index contributed by atoms with van der Waals surface area (Å²) >= 11 is 0. The second-order valence-electron chi connectivity index (χ2n) is 3.18. The normalized spacial score (nSPS) is 11.2. The Labute approximate surface area is 71.1 Å². The molecule has 2 aromatic heterocycles. The van der Waals surface area contributed by atoms with E-state index in [1.807, 2.05) is 18.5 Å². The molecule has 0 atom stereocenters. The molecule has 2 heterocycles. The van der Waals surface area contributed by atoms with Crippen LogP contribution in [-0.4, -0.2) is 14.6 Å². The van der Waals surface area contributed by atoms with Gasteiger partial charge in [0.2, 0.25) is 0 Å². The topological polar surface area (TPSA) is 30.2 Å². The van der Waals surface area contributed by atoms with Crippen molar-refractivity contribution in [1.29, 1.82) is 0 Å². The number of rotatable bonds is 1. The van der Waals surface area contributed by atoms with Gasteiger partial charge in [-0.05, 0) is 11.5 Å². The highest BCUT2D eigenvalue weighted by atomic mass is 15.2. The summed E-state index contributed by atoms with van der Waals surface area (Å²) in [7, 11) is 0. The molecule has 0 saturated heterocycles. The van der Waals surface area contributed by atoms with Crippen LogP contribution in [0, 0.1) is 0 Å². The zero-order valence-electron chi connectivity index (χ0n) is 7.23. The van der Waals surface area contributed by atoms with Gasteiger partial charge in [-0.3, -0.25) is 0 Å². The molecule has 3 heteroatoms. The van der Waals surface area contributed by atoms with Crippen molar-refractivity contribution in [3.63, 3.8) is 0 Å². The molecule has 2 aromatic rings. The summed E-state index contributed by atoms with van der Waals surface area (Å²) in [4.78, 5) is 4.26. The summed E-state index contributed by atoms with van der Waals surface area (Å²) in [6.07, 6.45) is 5.68. The molecule has 0 fully saturated rings. The summed E-state index contributed by atoms with van der Waals surface area (Å²) in [6.45, 7) is 4.29. The van der Waals surface area contributed by atoms with E-state index in [0.29, 0.717) is 5.92 Å². The summed E-state index contributed by atoms with van der Waals surface area (Å²) in [5.74, 6) is 0.506. The smallest absolute Gasteiger partial charge is 0.154 e. The van der Waals surface area contributed by atoms with Crippen molar-refractivity contribution in [2.75, 3.05) is 0 Å². The van der Waals surface area contributed by atoms with Gasteiger partial charge in [-0.25, -0.2) is 9.50 Å². The van der Waals surface area contributed by atoms with Gasteiger partial charge in [0.15, 0.2) is 5.65 Å². The van der Waals surface area contributed by atoms with Crippen molar-refractivity contribution in [3.05, 3.63) is 30.2 Å². The molecule has 2 rings (SSSR count). The molecule has 3 nitrogen and oxygen atoms in total. The third-order valence-corrected chi connectivity index (χ3v) is 1.93. The Hall–Kier alpha value is -1.38. The van der Waals surface area contributed by atoms with E-state index in [0.717, 1.165) is 5.65 Å². The molecule has 0 radical (unpaired) electrons. The standard InChI is InChI=1S/C9H11N3/c1-7(2)8-5-10-9-3-4-11-12(9)6-8/h3-7H,1-2H3. The molecule has 0 aliphatic rings. The van der Waals surface area contributed by atoms with Crippen LogP contribution >= 0.6 is 0 Å². The van der Waals surface area contributed by atoms with E-state index in [1.54, 1.807) is 10.7 Å². The Morgan fingerprint density at radius 3 is 3.00 bits per heavy atom. The van der Waals surface area contributed by atoms with Crippen molar-refractivity contribution in [2.24, 2.45) is 0 Å². The first-order valence-corrected chi connectivity index (χ1v) is 4.06. The number of aromatic nitrogens is 3. The summed E-state index contributed by atoms with van der Waals surface area (Å²) in [5, 5.41) is 4.12. The van der Waals surface area contributed by atoms with E-state index in [1.165, 1.54) is 5.56 Å². The van der Waals surface area contributed by atoms with Gasteiger partial charge in [-0.1, -0.05) is 13.8 Å². The highest BCUT2D eigenvalue weighted by Crippen LogP contribution is 2.12. The fourth-order valence-electron chi connectivity index (χ4n) is 1.12. The van der Waals surface area contributed by atoms with E-state index in [9.17, 15) is 0 Å². The third-order valence-electron chi connectivity index (χ3n) is 1.93. The molecule has 0 amide bonds. The van der Waals surface area contributed by atoms with Crippen LogP contribution in [0.1, 0.15) is 25.3 Å². The lowest BCUT2D eigenvalue weighted by Gasteiger charge is -2.03. The second kappa shape index (κ2) is 2.59. The van der Waals surface area contributed by atoms with E-state index in [-0.39, 0.29) is 0 Å². The maximum atomic E-state index is 4.26. The highest BCUT2D eigenvalue weighted by Gasteiger charge is 2.00. The summed E-state index contributed by atoms with van der Waals surface area (Å²) in [6, 6.07) is 1.89. The predicted molar refractivity (Wildman–Crippen MR) is 47.1 cm³/mol. The fraction of sp³-hybridized carbons (Fsp3) is 0.333. The van der Waals surface area contributed by atoms with Gasteiger partial charge >= 0.3 is 0 Å². The van der Waals surface area contributed by atoms with Gasteiger partial charge in [0.25, 0.3) is 0 Å². The van der Waals surface area contributed by atoms with Crippen LogP contribution in [0.2, 0.25) is 0 Å². The minimum atomic E-state index is 0.506. The zero-order valence-corrected chi connectivity index (χ0v) is 7.23. The number of hydrogen-bond donors (Lipinski definition) is 0. The predicted octanol–water partition coefficient (Wildman–Crippen LogP) is 1.85. The van der Waals surface area contributed by atoms with Crippen LogP contribution in [-0.2, 0) is 0 Å². The van der Waals surface area contributed by atoms with Crippen molar-refractivity contribution >= 4 is 5.65 Å². The van der Waals surface area contributed by atoms with E-state index in [4.69, 9.17) is 0 Å². The van der Waals surface area contributed by atoms with Crippen LogP contribution in [0.15, 0.2) is 24.7 Å². The first-order chi connectivity index (χ1) is 5.77. The average molecular weight is 161 g/mol. The molecule has 0 unspecified atom stereocenters. The third kappa shape index (κ3) is 1.07. The summed E-state index contributed by atoms with van der Waals surface area (Å²) in [5.41, 5.74) is 2.12. The van der Waals surface area contributed by atoms with Gasteiger partial charge in [-0.2, -0.15) is 5.10 Å². The minimum absolute atomic E-state index is 0.506. The molecule has 0 aliphatic carbocycles. The van der Waals surface area contributed by atoms with Gasteiger partial charge in [0, 0.05) is 18.5 Å². The lowest BCUT2D eigenvalue weighted by Crippen LogP contribution is -1.95. The van der Waals surface area contributed by atoms with Crippen LogP contribution in [0.5, 0.6) is 0 Å². The lowest BCUT2D eigenvalue weighted by atomic mass is 10.1. The van der Waals surface area contributed by atoms with Crippen LogP contribution in [0.4, 0.5) is 0 Å². The fourth-order valence-corrected chi connectivity index (χ4v) is 1.12. The number of hydrogen-bond acceptors (Lipinski definition) is 2. The molecular formula is C9H11N3.